The quantitative estimate of drug-likeness (QED) is 0.281. The van der Waals surface area contributed by atoms with Gasteiger partial charge in [-0.05, 0) is 23.8 Å². The molecule has 23 heavy (non-hydrogen) atoms. The molecule has 1 aliphatic rings. The van der Waals surface area contributed by atoms with Gasteiger partial charge in [0.25, 0.3) is 0 Å². The van der Waals surface area contributed by atoms with Gasteiger partial charge in [-0.15, -0.1) is 0 Å². The summed E-state index contributed by atoms with van der Waals surface area (Å²) in [7, 11) is 0. The van der Waals surface area contributed by atoms with E-state index in [9.17, 15) is 35.7 Å². The molecule has 1 aliphatic heterocycles. The first kappa shape index (κ1) is 17.6. The van der Waals surface area contributed by atoms with Gasteiger partial charge in [0.15, 0.2) is 6.10 Å². The smallest absolute Gasteiger partial charge is 0.224 e. The van der Waals surface area contributed by atoms with Crippen molar-refractivity contribution in [2.75, 3.05) is 6.61 Å². The van der Waals surface area contributed by atoms with Crippen LogP contribution in [0.25, 0.3) is 6.08 Å². The average molecular weight is 330 g/mol. The van der Waals surface area contributed by atoms with Gasteiger partial charge in [0.05, 0.1) is 6.61 Å². The first-order valence-corrected chi connectivity index (χ1v) is 6.64. The Labute approximate surface area is 130 Å². The fourth-order valence-electron chi connectivity index (χ4n) is 2.31. The molecule has 0 amide bonds. The molecular formula is C14H18O9. The highest BCUT2D eigenvalue weighted by molar-refractivity contribution is 5.55. The predicted molar refractivity (Wildman–Crippen MR) is 74.9 cm³/mol. The van der Waals surface area contributed by atoms with Crippen molar-refractivity contribution >= 4 is 6.08 Å². The maximum absolute atomic E-state index is 10.3. The van der Waals surface area contributed by atoms with Crippen LogP contribution in [0, 0.1) is 0 Å². The summed E-state index contributed by atoms with van der Waals surface area (Å²) in [5.74, 6) is -6.30. The molecule has 1 aromatic carbocycles. The summed E-state index contributed by atoms with van der Waals surface area (Å²) in [6.07, 6.45) is -4.01. The van der Waals surface area contributed by atoms with E-state index in [2.05, 4.69) is 0 Å². The van der Waals surface area contributed by atoms with Crippen molar-refractivity contribution in [3.63, 3.8) is 0 Å². The third-order valence-electron chi connectivity index (χ3n) is 3.54. The third-order valence-corrected chi connectivity index (χ3v) is 3.54. The number of aromatic hydroxyl groups is 2. The molecule has 4 atom stereocenters. The number of aliphatic hydroxyl groups excluding tert-OH is 3. The van der Waals surface area contributed by atoms with E-state index in [-0.39, 0.29) is 17.1 Å². The Hall–Kier alpha value is -1.72. The van der Waals surface area contributed by atoms with Crippen LogP contribution in [0.15, 0.2) is 24.3 Å². The average Bonchev–Trinajstić information content (AvgIpc) is 2.47. The van der Waals surface area contributed by atoms with Crippen LogP contribution in [0.5, 0.6) is 11.5 Å². The number of aliphatic hydroxyl groups is 6. The molecule has 2 rings (SSSR count). The highest BCUT2D eigenvalue weighted by Crippen LogP contribution is 2.35. The second-order valence-electron chi connectivity index (χ2n) is 5.34. The Morgan fingerprint density at radius 2 is 1.61 bits per heavy atom. The van der Waals surface area contributed by atoms with Gasteiger partial charge in [0.2, 0.25) is 11.6 Å². The molecule has 0 spiro atoms. The Bertz CT molecular complexity index is 580. The van der Waals surface area contributed by atoms with Gasteiger partial charge in [0.1, 0.15) is 23.7 Å². The third kappa shape index (κ3) is 3.31. The molecular weight excluding hydrogens is 312 g/mol. The van der Waals surface area contributed by atoms with E-state index in [0.717, 1.165) is 18.2 Å². The molecule has 9 heteroatoms. The molecule has 0 aromatic heterocycles. The van der Waals surface area contributed by atoms with Crippen LogP contribution in [0.1, 0.15) is 5.56 Å². The highest BCUT2D eigenvalue weighted by Gasteiger charge is 2.60. The topological polar surface area (TPSA) is 171 Å². The van der Waals surface area contributed by atoms with Crippen molar-refractivity contribution in [2.45, 2.75) is 29.9 Å². The summed E-state index contributed by atoms with van der Waals surface area (Å²) in [6, 6.07) is 3.51. The minimum Gasteiger partial charge on any atom is -0.508 e. The lowest BCUT2D eigenvalue weighted by molar-refractivity contribution is -0.406. The van der Waals surface area contributed by atoms with Crippen molar-refractivity contribution in [3.8, 4) is 11.5 Å². The SMILES string of the molecule is OC[C@H]1OC(O)(/C=C/c2cc(O)cc(O)c2)[C@H](O)C(O)(O)[C@@H]1O. The van der Waals surface area contributed by atoms with Crippen LogP contribution in [0.3, 0.4) is 0 Å². The standard InChI is InChI=1S/C14H18O9/c15-6-10-11(18)14(21,22)12(19)13(20,23-10)2-1-7-3-8(16)5-9(17)4-7/h1-5,10-12,15-22H,6H2/b2-1+/t10-,11-,12+,13?/m1/s1. The summed E-state index contributed by atoms with van der Waals surface area (Å²) in [5.41, 5.74) is 0.208. The van der Waals surface area contributed by atoms with E-state index in [1.165, 1.54) is 12.1 Å². The van der Waals surface area contributed by atoms with E-state index in [0.29, 0.717) is 0 Å². The van der Waals surface area contributed by atoms with Crippen LogP contribution in [0.4, 0.5) is 0 Å². The summed E-state index contributed by atoms with van der Waals surface area (Å²) in [6.45, 7) is -0.847. The minimum atomic E-state index is -3.13. The fraction of sp³-hybridized carbons (Fsp3) is 0.429. The summed E-state index contributed by atoms with van der Waals surface area (Å²) >= 11 is 0. The number of ether oxygens (including phenoxy) is 1. The normalized spacial score (nSPS) is 33.9. The zero-order valence-electron chi connectivity index (χ0n) is 11.8. The van der Waals surface area contributed by atoms with Gasteiger partial charge in [-0.1, -0.05) is 6.08 Å². The molecule has 0 saturated carbocycles. The predicted octanol–water partition coefficient (Wildman–Crippen LogP) is -2.41. The van der Waals surface area contributed by atoms with E-state index in [4.69, 9.17) is 9.84 Å². The maximum Gasteiger partial charge on any atom is 0.224 e. The molecule has 0 radical (unpaired) electrons. The Morgan fingerprint density at radius 1 is 1.04 bits per heavy atom. The molecule has 9 nitrogen and oxygen atoms in total. The molecule has 1 fully saturated rings. The molecule has 0 aliphatic carbocycles. The van der Waals surface area contributed by atoms with E-state index in [1.807, 2.05) is 0 Å². The maximum atomic E-state index is 10.3. The van der Waals surface area contributed by atoms with Crippen LogP contribution >= 0.6 is 0 Å². The van der Waals surface area contributed by atoms with Crippen molar-refractivity contribution in [1.29, 1.82) is 0 Å². The van der Waals surface area contributed by atoms with Gasteiger partial charge >= 0.3 is 0 Å². The first-order valence-electron chi connectivity index (χ1n) is 6.64. The molecule has 128 valence electrons. The molecule has 1 aromatic rings. The lowest BCUT2D eigenvalue weighted by Gasteiger charge is -2.48. The van der Waals surface area contributed by atoms with Crippen LogP contribution < -0.4 is 0 Å². The Kier molecular flexibility index (Phi) is 4.64. The van der Waals surface area contributed by atoms with Crippen molar-refractivity contribution in [2.24, 2.45) is 0 Å². The van der Waals surface area contributed by atoms with Crippen molar-refractivity contribution < 1.29 is 45.6 Å². The zero-order chi connectivity index (χ0) is 17.4. The van der Waals surface area contributed by atoms with E-state index >= 15 is 0 Å². The molecule has 1 heterocycles. The number of phenols is 2. The van der Waals surface area contributed by atoms with Crippen LogP contribution in [0.2, 0.25) is 0 Å². The Balaban J connectivity index is 2.33. The van der Waals surface area contributed by atoms with E-state index in [1.54, 1.807) is 0 Å². The largest absolute Gasteiger partial charge is 0.508 e. The van der Waals surface area contributed by atoms with Gasteiger partial charge in [-0.3, -0.25) is 0 Å². The monoisotopic (exact) mass is 330 g/mol. The second-order valence-corrected chi connectivity index (χ2v) is 5.34. The van der Waals surface area contributed by atoms with Gasteiger partial charge in [-0.25, -0.2) is 0 Å². The van der Waals surface area contributed by atoms with Crippen molar-refractivity contribution in [1.82, 2.24) is 0 Å². The van der Waals surface area contributed by atoms with Crippen LogP contribution in [-0.2, 0) is 4.74 Å². The molecule has 1 saturated heterocycles. The lowest BCUT2D eigenvalue weighted by atomic mass is 9.88. The molecule has 0 bridgehead atoms. The zero-order valence-corrected chi connectivity index (χ0v) is 11.8. The fourth-order valence-corrected chi connectivity index (χ4v) is 2.31. The second kappa shape index (κ2) is 6.06. The number of phenolic OH excluding ortho intramolecular Hbond substituents is 2. The number of hydrogen-bond donors (Lipinski definition) is 8. The molecule has 8 N–H and O–H groups in total. The highest BCUT2D eigenvalue weighted by atomic mass is 16.7. The first-order chi connectivity index (χ1) is 10.6. The lowest BCUT2D eigenvalue weighted by Crippen LogP contribution is -2.71. The summed E-state index contributed by atoms with van der Waals surface area (Å²) in [4.78, 5) is 0. The van der Waals surface area contributed by atoms with E-state index < -0.39 is 36.5 Å². The Morgan fingerprint density at radius 3 is 2.13 bits per heavy atom. The summed E-state index contributed by atoms with van der Waals surface area (Å²) < 4.78 is 4.94. The van der Waals surface area contributed by atoms with Crippen molar-refractivity contribution in [3.05, 3.63) is 29.8 Å². The van der Waals surface area contributed by atoms with Gasteiger partial charge in [-0.2, -0.15) is 0 Å². The van der Waals surface area contributed by atoms with Gasteiger partial charge in [0, 0.05) is 6.07 Å². The van der Waals surface area contributed by atoms with Crippen LogP contribution in [-0.4, -0.2) is 77.3 Å². The number of hydrogen-bond acceptors (Lipinski definition) is 9. The number of rotatable bonds is 3. The number of benzene rings is 1. The molecule has 1 unspecified atom stereocenters. The minimum absolute atomic E-state index is 0.208. The van der Waals surface area contributed by atoms with Gasteiger partial charge < -0.3 is 45.6 Å². The summed E-state index contributed by atoms with van der Waals surface area (Å²) in [5, 5.41) is 77.0.